The standard InChI is InChI=1S/C18H21BrClNO/c1-18(2,3)11-10-12-8-9-15(21-17(12)22-4)13-6-5-7-14(19)16(13)20/h5-9H,10-11H2,1-4H3. The summed E-state index contributed by atoms with van der Waals surface area (Å²) in [4.78, 5) is 4.64. The minimum atomic E-state index is 0.289. The van der Waals surface area contributed by atoms with Crippen molar-refractivity contribution in [2.24, 2.45) is 5.41 Å². The molecule has 0 saturated carbocycles. The Balaban J connectivity index is 2.35. The van der Waals surface area contributed by atoms with Gasteiger partial charge in [-0.3, -0.25) is 0 Å². The third kappa shape index (κ3) is 4.23. The lowest BCUT2D eigenvalue weighted by Gasteiger charge is -2.18. The van der Waals surface area contributed by atoms with Gasteiger partial charge in [0.25, 0.3) is 0 Å². The van der Waals surface area contributed by atoms with Crippen molar-refractivity contribution in [1.29, 1.82) is 0 Å². The van der Waals surface area contributed by atoms with Crippen LogP contribution in [-0.2, 0) is 6.42 Å². The quantitative estimate of drug-likeness (QED) is 0.632. The van der Waals surface area contributed by atoms with E-state index in [0.29, 0.717) is 10.9 Å². The first kappa shape index (κ1) is 17.3. The van der Waals surface area contributed by atoms with Crippen molar-refractivity contribution in [3.05, 3.63) is 45.4 Å². The molecule has 0 N–H and O–H groups in total. The van der Waals surface area contributed by atoms with Crippen LogP contribution in [-0.4, -0.2) is 12.1 Å². The Morgan fingerprint density at radius 2 is 1.91 bits per heavy atom. The molecule has 0 bridgehead atoms. The van der Waals surface area contributed by atoms with Crippen molar-refractivity contribution in [2.75, 3.05) is 7.11 Å². The molecule has 22 heavy (non-hydrogen) atoms. The number of ether oxygens (including phenoxy) is 1. The second-order valence-electron chi connectivity index (χ2n) is 6.53. The summed E-state index contributed by atoms with van der Waals surface area (Å²) in [6.07, 6.45) is 2.04. The largest absolute Gasteiger partial charge is 0.481 e. The number of rotatable bonds is 4. The van der Waals surface area contributed by atoms with Crippen LogP contribution in [0, 0.1) is 5.41 Å². The Morgan fingerprint density at radius 1 is 1.18 bits per heavy atom. The monoisotopic (exact) mass is 381 g/mol. The Hall–Kier alpha value is -1.06. The summed E-state index contributed by atoms with van der Waals surface area (Å²) in [6.45, 7) is 6.72. The molecule has 2 rings (SSSR count). The zero-order chi connectivity index (χ0) is 16.3. The second-order valence-corrected chi connectivity index (χ2v) is 7.76. The van der Waals surface area contributed by atoms with Gasteiger partial charge < -0.3 is 4.74 Å². The second kappa shape index (κ2) is 7.01. The van der Waals surface area contributed by atoms with Crippen LogP contribution in [0.5, 0.6) is 5.88 Å². The third-order valence-electron chi connectivity index (χ3n) is 3.50. The smallest absolute Gasteiger partial charge is 0.216 e. The maximum Gasteiger partial charge on any atom is 0.216 e. The predicted octanol–water partition coefficient (Wildman–Crippen LogP) is 6.15. The summed E-state index contributed by atoms with van der Waals surface area (Å²) in [5.41, 5.74) is 3.14. The Morgan fingerprint density at radius 3 is 2.55 bits per heavy atom. The van der Waals surface area contributed by atoms with E-state index in [9.17, 15) is 0 Å². The molecule has 0 amide bonds. The molecule has 0 aliphatic rings. The van der Waals surface area contributed by atoms with Gasteiger partial charge in [-0.05, 0) is 46.3 Å². The van der Waals surface area contributed by atoms with Crippen LogP contribution in [0.25, 0.3) is 11.3 Å². The van der Waals surface area contributed by atoms with Crippen molar-refractivity contribution in [3.63, 3.8) is 0 Å². The molecule has 0 unspecified atom stereocenters. The molecule has 1 aromatic heterocycles. The Kier molecular flexibility index (Phi) is 5.51. The number of halogens is 2. The first-order valence-electron chi connectivity index (χ1n) is 7.30. The van der Waals surface area contributed by atoms with E-state index in [0.717, 1.165) is 34.1 Å². The van der Waals surface area contributed by atoms with Gasteiger partial charge in [-0.15, -0.1) is 0 Å². The van der Waals surface area contributed by atoms with Gasteiger partial charge in [0.2, 0.25) is 5.88 Å². The highest BCUT2D eigenvalue weighted by Crippen LogP contribution is 2.34. The van der Waals surface area contributed by atoms with Crippen LogP contribution in [0.4, 0.5) is 0 Å². The molecule has 0 aliphatic carbocycles. The van der Waals surface area contributed by atoms with E-state index in [4.69, 9.17) is 16.3 Å². The maximum absolute atomic E-state index is 6.36. The van der Waals surface area contributed by atoms with Gasteiger partial charge in [-0.2, -0.15) is 0 Å². The van der Waals surface area contributed by atoms with Gasteiger partial charge in [-0.1, -0.05) is 50.6 Å². The Labute approximate surface area is 146 Å². The normalized spacial score (nSPS) is 11.5. The van der Waals surface area contributed by atoms with Crippen molar-refractivity contribution >= 4 is 27.5 Å². The number of aromatic nitrogens is 1. The maximum atomic E-state index is 6.36. The van der Waals surface area contributed by atoms with E-state index in [2.05, 4.69) is 47.8 Å². The molecule has 4 heteroatoms. The fourth-order valence-corrected chi connectivity index (χ4v) is 2.79. The van der Waals surface area contributed by atoms with Crippen LogP contribution in [0.2, 0.25) is 5.02 Å². The van der Waals surface area contributed by atoms with Gasteiger partial charge >= 0.3 is 0 Å². The van der Waals surface area contributed by atoms with Gasteiger partial charge in [0, 0.05) is 15.6 Å². The van der Waals surface area contributed by atoms with E-state index in [-0.39, 0.29) is 5.41 Å². The molecule has 0 radical (unpaired) electrons. The van der Waals surface area contributed by atoms with Crippen LogP contribution < -0.4 is 4.74 Å². The molecular formula is C18H21BrClNO. The van der Waals surface area contributed by atoms with Crippen LogP contribution >= 0.6 is 27.5 Å². The predicted molar refractivity (Wildman–Crippen MR) is 96.7 cm³/mol. The van der Waals surface area contributed by atoms with E-state index >= 15 is 0 Å². The highest BCUT2D eigenvalue weighted by Gasteiger charge is 2.15. The lowest BCUT2D eigenvalue weighted by atomic mass is 9.89. The number of nitrogens with zero attached hydrogens (tertiary/aromatic N) is 1. The number of aryl methyl sites for hydroxylation is 1. The molecule has 1 heterocycles. The van der Waals surface area contributed by atoms with E-state index in [1.807, 2.05) is 24.3 Å². The van der Waals surface area contributed by atoms with E-state index in [1.165, 1.54) is 0 Å². The topological polar surface area (TPSA) is 22.1 Å². The molecule has 2 aromatic rings. The fraction of sp³-hybridized carbons (Fsp3) is 0.389. The molecular weight excluding hydrogens is 362 g/mol. The zero-order valence-electron chi connectivity index (χ0n) is 13.4. The summed E-state index contributed by atoms with van der Waals surface area (Å²) >= 11 is 9.81. The summed E-state index contributed by atoms with van der Waals surface area (Å²) in [5, 5.41) is 0.666. The molecule has 0 fully saturated rings. The van der Waals surface area contributed by atoms with Gasteiger partial charge in [0.15, 0.2) is 0 Å². The van der Waals surface area contributed by atoms with Gasteiger partial charge in [0.05, 0.1) is 17.8 Å². The minimum Gasteiger partial charge on any atom is -0.481 e. The highest BCUT2D eigenvalue weighted by molar-refractivity contribution is 9.10. The van der Waals surface area contributed by atoms with Crippen molar-refractivity contribution < 1.29 is 4.74 Å². The summed E-state index contributed by atoms with van der Waals surface area (Å²) in [6, 6.07) is 9.93. The average Bonchev–Trinajstić information content (AvgIpc) is 2.47. The summed E-state index contributed by atoms with van der Waals surface area (Å²) < 4.78 is 6.34. The molecule has 0 spiro atoms. The number of methoxy groups -OCH3 is 1. The van der Waals surface area contributed by atoms with Crippen molar-refractivity contribution in [1.82, 2.24) is 4.98 Å². The van der Waals surface area contributed by atoms with Crippen LogP contribution in [0.1, 0.15) is 32.8 Å². The lowest BCUT2D eigenvalue weighted by Crippen LogP contribution is -2.07. The number of pyridine rings is 1. The minimum absolute atomic E-state index is 0.289. The van der Waals surface area contributed by atoms with Gasteiger partial charge in [0.1, 0.15) is 0 Å². The molecule has 118 valence electrons. The van der Waals surface area contributed by atoms with E-state index in [1.54, 1.807) is 7.11 Å². The van der Waals surface area contributed by atoms with Crippen LogP contribution in [0.3, 0.4) is 0 Å². The molecule has 0 saturated heterocycles. The number of hydrogen-bond acceptors (Lipinski definition) is 2. The SMILES string of the molecule is COc1nc(-c2cccc(Br)c2Cl)ccc1CCC(C)(C)C. The molecule has 0 aliphatic heterocycles. The zero-order valence-corrected chi connectivity index (χ0v) is 15.8. The molecule has 2 nitrogen and oxygen atoms in total. The molecule has 0 atom stereocenters. The Bertz CT molecular complexity index is 665. The number of hydrogen-bond donors (Lipinski definition) is 0. The van der Waals surface area contributed by atoms with Crippen molar-refractivity contribution in [3.8, 4) is 17.1 Å². The first-order valence-corrected chi connectivity index (χ1v) is 8.47. The molecule has 1 aromatic carbocycles. The first-order chi connectivity index (χ1) is 10.3. The van der Waals surface area contributed by atoms with Crippen LogP contribution in [0.15, 0.2) is 34.8 Å². The highest BCUT2D eigenvalue weighted by atomic mass is 79.9. The summed E-state index contributed by atoms with van der Waals surface area (Å²) in [5.74, 6) is 0.679. The average molecular weight is 383 g/mol. The van der Waals surface area contributed by atoms with Crippen molar-refractivity contribution in [2.45, 2.75) is 33.6 Å². The summed E-state index contributed by atoms with van der Waals surface area (Å²) in [7, 11) is 1.66. The fourth-order valence-electron chi connectivity index (χ4n) is 2.20. The number of benzene rings is 1. The third-order valence-corrected chi connectivity index (χ3v) is 4.80. The lowest BCUT2D eigenvalue weighted by molar-refractivity contribution is 0.364. The van der Waals surface area contributed by atoms with E-state index < -0.39 is 0 Å². The van der Waals surface area contributed by atoms with Gasteiger partial charge in [-0.25, -0.2) is 4.98 Å².